The van der Waals surface area contributed by atoms with Crippen LogP contribution in [0.2, 0.25) is 0 Å². The predicted octanol–water partition coefficient (Wildman–Crippen LogP) is 7.08. The zero-order valence-electron chi connectivity index (χ0n) is 18.4. The Balaban J connectivity index is 1.49. The lowest BCUT2D eigenvalue weighted by Crippen LogP contribution is -2.18. The average Bonchev–Trinajstić information content (AvgIpc) is 3.33. The highest BCUT2D eigenvalue weighted by Crippen LogP contribution is 2.36. The number of thiophene rings is 1. The van der Waals surface area contributed by atoms with Gasteiger partial charge in [-0.05, 0) is 69.8 Å². The summed E-state index contributed by atoms with van der Waals surface area (Å²) in [4.78, 5) is 11.7. The number of fused-ring (bicyclic) bond motifs is 1. The first-order chi connectivity index (χ1) is 16.7. The summed E-state index contributed by atoms with van der Waals surface area (Å²) in [6.45, 7) is 0. The van der Waals surface area contributed by atoms with Crippen LogP contribution in [0, 0.1) is 0 Å². The van der Waals surface area contributed by atoms with Gasteiger partial charge in [0.2, 0.25) is 0 Å². The van der Waals surface area contributed by atoms with Crippen LogP contribution < -0.4 is 10.8 Å². The number of carbonyl (C=O) groups excluding carboxylic acids is 1. The van der Waals surface area contributed by atoms with E-state index in [1.165, 1.54) is 32.3 Å². The highest BCUT2D eigenvalue weighted by Gasteiger charge is 2.18. The molecule has 4 nitrogen and oxygen atoms in total. The maximum atomic E-state index is 11.7. The van der Waals surface area contributed by atoms with E-state index in [0.717, 1.165) is 12.1 Å². The van der Waals surface area contributed by atoms with Crippen molar-refractivity contribution in [3.63, 3.8) is 0 Å². The molecule has 0 spiro atoms. The molecule has 1 amide bonds. The molecule has 0 fully saturated rings. The van der Waals surface area contributed by atoms with Gasteiger partial charge in [-0.2, -0.15) is 0 Å². The third-order valence-electron chi connectivity index (χ3n) is 5.96. The van der Waals surface area contributed by atoms with Crippen molar-refractivity contribution in [1.29, 1.82) is 0 Å². The Bertz CT molecular complexity index is 1400. The molecule has 0 bridgehead atoms. The van der Waals surface area contributed by atoms with Crippen LogP contribution in [-0.2, 0) is 6.42 Å². The van der Waals surface area contributed by atoms with Gasteiger partial charge in [0.15, 0.2) is 0 Å². The summed E-state index contributed by atoms with van der Waals surface area (Å²) in [5.74, 6) is -0.523. The number of hydroxylamine groups is 1. The average molecular weight is 465 g/mol. The van der Waals surface area contributed by atoms with Crippen LogP contribution >= 0.6 is 11.3 Å². The summed E-state index contributed by atoms with van der Waals surface area (Å²) < 4.78 is 1.26. The van der Waals surface area contributed by atoms with E-state index < -0.39 is 5.91 Å². The number of amides is 1. The summed E-state index contributed by atoms with van der Waals surface area (Å²) in [7, 11) is 0. The van der Waals surface area contributed by atoms with E-state index in [1.807, 2.05) is 24.3 Å². The molecule has 0 aliphatic rings. The van der Waals surface area contributed by atoms with Crippen molar-refractivity contribution >= 4 is 33.0 Å². The van der Waals surface area contributed by atoms with Crippen molar-refractivity contribution in [2.45, 2.75) is 12.5 Å². The van der Waals surface area contributed by atoms with E-state index in [1.54, 1.807) is 28.9 Å². The molecule has 1 aromatic heterocycles. The summed E-state index contributed by atoms with van der Waals surface area (Å²) in [6, 6.07) is 34.7. The van der Waals surface area contributed by atoms with E-state index in [2.05, 4.69) is 77.4 Å². The van der Waals surface area contributed by atoms with Crippen LogP contribution in [-0.4, -0.2) is 11.1 Å². The highest BCUT2D eigenvalue weighted by atomic mass is 32.1. The molecule has 1 atom stereocenters. The van der Waals surface area contributed by atoms with Gasteiger partial charge in [0.1, 0.15) is 0 Å². The number of carbonyl (C=O) groups is 1. The van der Waals surface area contributed by atoms with Gasteiger partial charge in [-0.1, -0.05) is 72.8 Å². The van der Waals surface area contributed by atoms with Crippen molar-refractivity contribution in [2.24, 2.45) is 0 Å². The molecule has 4 aromatic carbocycles. The zero-order valence-corrected chi connectivity index (χ0v) is 19.3. The third kappa shape index (κ3) is 4.71. The van der Waals surface area contributed by atoms with Gasteiger partial charge in [0.25, 0.3) is 5.91 Å². The fourth-order valence-corrected chi connectivity index (χ4v) is 5.25. The Morgan fingerprint density at radius 3 is 2.24 bits per heavy atom. The lowest BCUT2D eigenvalue weighted by atomic mass is 9.96. The molecule has 3 N–H and O–H groups in total. The first kappa shape index (κ1) is 21.9. The van der Waals surface area contributed by atoms with Gasteiger partial charge in [0, 0.05) is 16.0 Å². The third-order valence-corrected chi connectivity index (χ3v) is 6.92. The van der Waals surface area contributed by atoms with E-state index >= 15 is 0 Å². The van der Waals surface area contributed by atoms with Crippen molar-refractivity contribution in [2.75, 3.05) is 5.32 Å². The van der Waals surface area contributed by atoms with Crippen molar-refractivity contribution in [3.8, 4) is 11.1 Å². The molecular formula is C29H24N2O2S. The highest BCUT2D eigenvalue weighted by molar-refractivity contribution is 7.17. The van der Waals surface area contributed by atoms with Crippen LogP contribution in [0.3, 0.4) is 0 Å². The minimum Gasteiger partial charge on any atom is -0.378 e. The Kier molecular flexibility index (Phi) is 6.38. The van der Waals surface area contributed by atoms with Gasteiger partial charge >= 0.3 is 0 Å². The maximum absolute atomic E-state index is 11.7. The maximum Gasteiger partial charge on any atom is 0.274 e. The zero-order chi connectivity index (χ0) is 23.3. The lowest BCUT2D eigenvalue weighted by molar-refractivity contribution is 0.0706. The first-order valence-corrected chi connectivity index (χ1v) is 12.0. The molecule has 5 heteroatoms. The fraction of sp³-hybridized carbons (Fsp3) is 0.0690. The largest absolute Gasteiger partial charge is 0.378 e. The Morgan fingerprint density at radius 2 is 1.53 bits per heavy atom. The van der Waals surface area contributed by atoms with Crippen molar-refractivity contribution in [3.05, 3.63) is 125 Å². The molecule has 0 aliphatic heterocycles. The molecular weight excluding hydrogens is 440 g/mol. The van der Waals surface area contributed by atoms with E-state index in [4.69, 9.17) is 5.21 Å². The number of rotatable bonds is 7. The second-order valence-corrected chi connectivity index (χ2v) is 9.08. The predicted molar refractivity (Wildman–Crippen MR) is 139 cm³/mol. The lowest BCUT2D eigenvalue weighted by Gasteiger charge is -2.21. The van der Waals surface area contributed by atoms with Crippen molar-refractivity contribution in [1.82, 2.24) is 5.48 Å². The summed E-state index contributed by atoms with van der Waals surface area (Å²) in [5, 5.41) is 16.0. The summed E-state index contributed by atoms with van der Waals surface area (Å²) in [6.07, 6.45) is 0.825. The summed E-state index contributed by atoms with van der Waals surface area (Å²) >= 11 is 1.76. The van der Waals surface area contributed by atoms with Gasteiger partial charge in [0.05, 0.1) is 6.04 Å². The minimum atomic E-state index is -0.523. The molecule has 0 saturated carbocycles. The first-order valence-electron chi connectivity index (χ1n) is 11.1. The fourth-order valence-electron chi connectivity index (χ4n) is 4.20. The Morgan fingerprint density at radius 1 is 0.824 bits per heavy atom. The van der Waals surface area contributed by atoms with Crippen LogP contribution in [0.15, 0.2) is 109 Å². The van der Waals surface area contributed by atoms with E-state index in [0.29, 0.717) is 5.56 Å². The molecule has 34 heavy (non-hydrogen) atoms. The van der Waals surface area contributed by atoms with Gasteiger partial charge in [-0.15, -0.1) is 11.3 Å². The second kappa shape index (κ2) is 9.91. The number of hydrogen-bond acceptors (Lipinski definition) is 4. The molecule has 0 saturated heterocycles. The van der Waals surface area contributed by atoms with E-state index in [-0.39, 0.29) is 6.04 Å². The quantitative estimate of drug-likeness (QED) is 0.178. The number of hydrogen-bond donors (Lipinski definition) is 3. The summed E-state index contributed by atoms with van der Waals surface area (Å²) in [5.41, 5.74) is 7.92. The normalized spacial score (nSPS) is 11.8. The Hall–Kier alpha value is -3.93. The molecule has 0 aliphatic carbocycles. The van der Waals surface area contributed by atoms with Gasteiger partial charge in [-0.25, -0.2) is 5.48 Å². The molecule has 1 heterocycles. The van der Waals surface area contributed by atoms with Gasteiger partial charge in [-0.3, -0.25) is 10.0 Å². The molecule has 0 radical (unpaired) electrons. The van der Waals surface area contributed by atoms with Crippen LogP contribution in [0.5, 0.6) is 0 Å². The van der Waals surface area contributed by atoms with E-state index in [9.17, 15) is 4.79 Å². The van der Waals surface area contributed by atoms with Gasteiger partial charge < -0.3 is 5.32 Å². The molecule has 5 rings (SSSR count). The van der Waals surface area contributed by atoms with Crippen molar-refractivity contribution < 1.29 is 10.0 Å². The topological polar surface area (TPSA) is 61.4 Å². The number of nitrogens with one attached hydrogen (secondary N) is 2. The monoisotopic (exact) mass is 464 g/mol. The Labute approximate surface area is 202 Å². The standard InChI is InChI=1S/C29H24N2O2S/c32-29(31-33)22-11-14-24(15-12-22)30-27(17-20-7-3-1-4-8-20)26-19-34-28-18-23(13-16-25(26)28)21-9-5-2-6-10-21/h1-16,18-19,27,30,33H,17H2,(H,31,32). The number of benzene rings is 4. The second-order valence-electron chi connectivity index (χ2n) is 8.17. The molecule has 5 aromatic rings. The minimum absolute atomic E-state index is 0.0521. The smallest absolute Gasteiger partial charge is 0.274 e. The van der Waals surface area contributed by atoms with Crippen LogP contribution in [0.25, 0.3) is 21.2 Å². The molecule has 1 unspecified atom stereocenters. The SMILES string of the molecule is O=C(NO)c1ccc(NC(Cc2ccccc2)c2csc3cc(-c4ccccc4)ccc23)cc1. The van der Waals surface area contributed by atoms with Crippen LogP contribution in [0.4, 0.5) is 5.69 Å². The number of anilines is 1. The van der Waals surface area contributed by atoms with Crippen LogP contribution in [0.1, 0.15) is 27.5 Å². The molecule has 168 valence electrons.